The molecule has 0 aliphatic rings. The van der Waals surface area contributed by atoms with E-state index in [-0.39, 0.29) is 0 Å². The number of hydrogen-bond acceptors (Lipinski definition) is 3. The van der Waals surface area contributed by atoms with Gasteiger partial charge in [-0.2, -0.15) is 0 Å². The van der Waals surface area contributed by atoms with Crippen LogP contribution in [-0.4, -0.2) is 19.9 Å². The maximum Gasteiger partial charge on any atom is 0.148 e. The summed E-state index contributed by atoms with van der Waals surface area (Å²) in [5.74, 6) is 0.915. The quantitative estimate of drug-likeness (QED) is 0.546. The second-order valence-electron chi connectivity index (χ2n) is 4.25. The van der Waals surface area contributed by atoms with Crippen molar-refractivity contribution in [2.24, 2.45) is 0 Å². The molecule has 0 spiro atoms. The van der Waals surface area contributed by atoms with E-state index < -0.39 is 0 Å². The average Bonchev–Trinajstić information content (AvgIpc) is 3.04. The summed E-state index contributed by atoms with van der Waals surface area (Å²) in [6.45, 7) is 2.10. The smallest absolute Gasteiger partial charge is 0.148 e. The third-order valence-corrected chi connectivity index (χ3v) is 4.02. The minimum absolute atomic E-state index is 0.889. The normalized spacial score (nSPS) is 11.6. The molecule has 0 radical (unpaired) electrons. The van der Waals surface area contributed by atoms with Crippen LogP contribution in [0.1, 0.15) is 4.88 Å². The topological polar surface area (TPSA) is 57.4 Å². The summed E-state index contributed by atoms with van der Waals surface area (Å²) >= 11 is 1.74. The Labute approximate surface area is 107 Å². The van der Waals surface area contributed by atoms with E-state index in [0.717, 1.165) is 32.8 Å². The monoisotopic (exact) mass is 254 g/mol. The molecule has 4 heterocycles. The molecule has 0 fully saturated rings. The molecule has 2 N–H and O–H groups in total. The highest BCUT2D eigenvalue weighted by Crippen LogP contribution is 2.29. The Hall–Kier alpha value is -2.14. The Morgan fingerprint density at radius 1 is 1.22 bits per heavy atom. The molecule has 0 saturated heterocycles. The summed E-state index contributed by atoms with van der Waals surface area (Å²) in [6, 6.07) is 6.23. The lowest BCUT2D eigenvalue weighted by Gasteiger charge is -1.89. The van der Waals surface area contributed by atoms with Crippen molar-refractivity contribution in [2.75, 3.05) is 0 Å². The Morgan fingerprint density at radius 2 is 2.17 bits per heavy atom. The number of rotatable bonds is 1. The van der Waals surface area contributed by atoms with Crippen LogP contribution in [0.5, 0.6) is 0 Å². The lowest BCUT2D eigenvalue weighted by atomic mass is 10.3. The molecule has 0 aliphatic heterocycles. The first-order chi connectivity index (χ1) is 8.81. The van der Waals surface area contributed by atoms with Crippen molar-refractivity contribution >= 4 is 33.4 Å². The van der Waals surface area contributed by atoms with Crippen LogP contribution < -0.4 is 0 Å². The van der Waals surface area contributed by atoms with Gasteiger partial charge >= 0.3 is 0 Å². The Bertz CT molecular complexity index is 852. The zero-order chi connectivity index (χ0) is 12.1. The van der Waals surface area contributed by atoms with Crippen LogP contribution in [0, 0.1) is 6.92 Å². The maximum atomic E-state index is 4.60. The second-order valence-corrected chi connectivity index (χ2v) is 5.54. The van der Waals surface area contributed by atoms with Crippen LogP contribution >= 0.6 is 11.3 Å². The van der Waals surface area contributed by atoms with Crippen molar-refractivity contribution in [3.05, 3.63) is 35.5 Å². The number of thiophene rings is 1. The number of aryl methyl sites for hydroxylation is 1. The van der Waals surface area contributed by atoms with E-state index >= 15 is 0 Å². The number of fused-ring (bicyclic) bond motifs is 3. The lowest BCUT2D eigenvalue weighted by Crippen LogP contribution is -1.77. The molecule has 0 unspecified atom stereocenters. The molecule has 5 heteroatoms. The zero-order valence-corrected chi connectivity index (χ0v) is 10.5. The molecule has 0 aliphatic carbocycles. The van der Waals surface area contributed by atoms with Gasteiger partial charge in [-0.1, -0.05) is 0 Å². The van der Waals surface area contributed by atoms with Gasteiger partial charge in [-0.15, -0.1) is 11.3 Å². The van der Waals surface area contributed by atoms with Crippen LogP contribution in [0.2, 0.25) is 0 Å². The standard InChI is InChI=1S/C13H10N4S/c1-7-2-3-10(18-7)13-16-9-6-15-12-8(4-5-14-12)11(9)17-13/h2-6H,1H3,(H,14,15)(H,16,17). The number of pyridine rings is 1. The van der Waals surface area contributed by atoms with Crippen LogP contribution in [0.25, 0.3) is 32.8 Å². The van der Waals surface area contributed by atoms with Crippen molar-refractivity contribution in [3.8, 4) is 10.7 Å². The van der Waals surface area contributed by atoms with Crippen molar-refractivity contribution in [1.29, 1.82) is 0 Å². The van der Waals surface area contributed by atoms with Gasteiger partial charge in [0.05, 0.1) is 16.6 Å². The van der Waals surface area contributed by atoms with Gasteiger partial charge in [0, 0.05) is 16.5 Å². The molecule has 4 aromatic heterocycles. The van der Waals surface area contributed by atoms with Gasteiger partial charge in [0.1, 0.15) is 17.0 Å². The summed E-state index contributed by atoms with van der Waals surface area (Å²) in [4.78, 5) is 17.9. The first-order valence-electron chi connectivity index (χ1n) is 5.70. The molecule has 0 bridgehead atoms. The van der Waals surface area contributed by atoms with Gasteiger partial charge < -0.3 is 9.97 Å². The summed E-state index contributed by atoms with van der Waals surface area (Å²) in [7, 11) is 0. The van der Waals surface area contributed by atoms with Gasteiger partial charge in [0.15, 0.2) is 0 Å². The number of nitrogens with zero attached hydrogens (tertiary/aromatic N) is 2. The molecule has 0 aromatic carbocycles. The van der Waals surface area contributed by atoms with E-state index in [1.807, 2.05) is 12.3 Å². The fraction of sp³-hybridized carbons (Fsp3) is 0.0769. The predicted molar refractivity (Wildman–Crippen MR) is 73.8 cm³/mol. The zero-order valence-electron chi connectivity index (χ0n) is 9.69. The molecule has 88 valence electrons. The lowest BCUT2D eigenvalue weighted by molar-refractivity contribution is 1.32. The molecule has 0 saturated carbocycles. The van der Waals surface area contributed by atoms with Crippen LogP contribution in [-0.2, 0) is 0 Å². The SMILES string of the molecule is Cc1ccc(-c2nc3cnc4[nH]ccc4c3[nH]2)s1. The highest BCUT2D eigenvalue weighted by atomic mass is 32.1. The van der Waals surface area contributed by atoms with Gasteiger partial charge in [-0.25, -0.2) is 9.97 Å². The second kappa shape index (κ2) is 3.43. The van der Waals surface area contributed by atoms with E-state index in [9.17, 15) is 0 Å². The Morgan fingerprint density at radius 3 is 3.00 bits per heavy atom. The average molecular weight is 254 g/mol. The number of aromatic amines is 2. The largest absolute Gasteiger partial charge is 0.346 e. The van der Waals surface area contributed by atoms with Crippen molar-refractivity contribution in [3.63, 3.8) is 0 Å². The van der Waals surface area contributed by atoms with E-state index in [2.05, 4.69) is 39.0 Å². The number of hydrogen-bond donors (Lipinski definition) is 2. The van der Waals surface area contributed by atoms with E-state index in [1.165, 1.54) is 4.88 Å². The number of aromatic nitrogens is 4. The molecule has 18 heavy (non-hydrogen) atoms. The molecule has 4 aromatic rings. The number of nitrogens with one attached hydrogen (secondary N) is 2. The molecule has 4 nitrogen and oxygen atoms in total. The summed E-state index contributed by atoms with van der Waals surface area (Å²) in [5.41, 5.74) is 2.84. The third kappa shape index (κ3) is 1.31. The molecule has 0 amide bonds. The number of imidazole rings is 1. The van der Waals surface area contributed by atoms with Crippen molar-refractivity contribution in [1.82, 2.24) is 19.9 Å². The fourth-order valence-corrected chi connectivity index (χ4v) is 2.97. The van der Waals surface area contributed by atoms with Gasteiger partial charge in [0.2, 0.25) is 0 Å². The Balaban J connectivity index is 2.03. The van der Waals surface area contributed by atoms with E-state index in [1.54, 1.807) is 17.5 Å². The first kappa shape index (κ1) is 9.85. The van der Waals surface area contributed by atoms with E-state index in [0.29, 0.717) is 0 Å². The van der Waals surface area contributed by atoms with Gasteiger partial charge in [-0.3, -0.25) is 0 Å². The maximum absolute atomic E-state index is 4.60. The molecule has 0 atom stereocenters. The van der Waals surface area contributed by atoms with Crippen LogP contribution in [0.4, 0.5) is 0 Å². The summed E-state index contributed by atoms with van der Waals surface area (Å²) < 4.78 is 0. The minimum atomic E-state index is 0.889. The molecule has 4 rings (SSSR count). The Kier molecular flexibility index (Phi) is 1.87. The highest BCUT2D eigenvalue weighted by molar-refractivity contribution is 7.15. The number of H-pyrrole nitrogens is 2. The van der Waals surface area contributed by atoms with Gasteiger partial charge in [-0.05, 0) is 25.1 Å². The fourth-order valence-electron chi connectivity index (χ4n) is 2.16. The van der Waals surface area contributed by atoms with Crippen molar-refractivity contribution in [2.45, 2.75) is 6.92 Å². The molecular formula is C13H10N4S. The van der Waals surface area contributed by atoms with Crippen molar-refractivity contribution < 1.29 is 0 Å². The van der Waals surface area contributed by atoms with Crippen LogP contribution in [0.3, 0.4) is 0 Å². The summed E-state index contributed by atoms with van der Waals surface area (Å²) in [6.07, 6.45) is 3.70. The van der Waals surface area contributed by atoms with E-state index in [4.69, 9.17) is 0 Å². The highest BCUT2D eigenvalue weighted by Gasteiger charge is 2.10. The third-order valence-electron chi connectivity index (χ3n) is 3.02. The summed E-state index contributed by atoms with van der Waals surface area (Å²) in [5, 5.41) is 1.08. The molecular weight excluding hydrogens is 244 g/mol. The van der Waals surface area contributed by atoms with Crippen LogP contribution in [0.15, 0.2) is 30.6 Å². The van der Waals surface area contributed by atoms with Gasteiger partial charge in [0.25, 0.3) is 0 Å². The predicted octanol–water partition coefficient (Wildman–Crippen LogP) is 3.48. The first-order valence-corrected chi connectivity index (χ1v) is 6.51. The minimum Gasteiger partial charge on any atom is -0.346 e.